The summed E-state index contributed by atoms with van der Waals surface area (Å²) in [6.07, 6.45) is 3.36. The monoisotopic (exact) mass is 371 g/mol. The van der Waals surface area contributed by atoms with Gasteiger partial charge in [0.1, 0.15) is 0 Å². The van der Waals surface area contributed by atoms with Crippen molar-refractivity contribution in [2.75, 3.05) is 6.61 Å². The molecule has 24 heavy (non-hydrogen) atoms. The van der Waals surface area contributed by atoms with Gasteiger partial charge < -0.3 is 10.1 Å². The maximum Gasteiger partial charge on any atom is 0.310 e. The fourth-order valence-electron chi connectivity index (χ4n) is 3.05. The molecule has 1 N–H and O–H groups in total. The first-order chi connectivity index (χ1) is 11.4. The van der Waals surface area contributed by atoms with Gasteiger partial charge in [-0.05, 0) is 36.0 Å². The third kappa shape index (κ3) is 5.38. The van der Waals surface area contributed by atoms with E-state index in [-0.39, 0.29) is 25.0 Å². The van der Waals surface area contributed by atoms with E-state index >= 15 is 0 Å². The molecule has 2 rings (SSSR count). The smallest absolute Gasteiger partial charge is 0.310 e. The lowest BCUT2D eigenvalue weighted by molar-refractivity contribution is -0.148. The van der Waals surface area contributed by atoms with Crippen molar-refractivity contribution in [3.8, 4) is 0 Å². The van der Waals surface area contributed by atoms with Gasteiger partial charge >= 0.3 is 5.97 Å². The summed E-state index contributed by atoms with van der Waals surface area (Å²) in [6.45, 7) is 4.11. The highest BCUT2D eigenvalue weighted by molar-refractivity contribution is 6.42. The quantitative estimate of drug-likeness (QED) is 0.795. The Hall–Kier alpha value is -1.26. The molecule has 0 radical (unpaired) electrons. The summed E-state index contributed by atoms with van der Waals surface area (Å²) in [5.74, 6) is 0.327. The standard InChI is InChI=1S/C18H23Cl2NO3/c1-11-4-3-5-16(12(11)2)21-17(22)10-24-18(23)9-13-6-7-14(19)15(20)8-13/h6-8,11-12,16H,3-5,9-10H2,1-2H3,(H,21,22)/t11-,12+,16-/m1/s1. The number of carbonyl (C=O) groups is 2. The van der Waals surface area contributed by atoms with Crippen LogP contribution in [0.15, 0.2) is 18.2 Å². The Kier molecular flexibility index (Phi) is 6.93. The van der Waals surface area contributed by atoms with Crippen molar-refractivity contribution in [1.82, 2.24) is 5.32 Å². The highest BCUT2D eigenvalue weighted by Gasteiger charge is 2.28. The summed E-state index contributed by atoms with van der Waals surface area (Å²) in [5, 5.41) is 3.80. The Bertz CT molecular complexity index is 606. The van der Waals surface area contributed by atoms with Crippen LogP contribution in [0.25, 0.3) is 0 Å². The van der Waals surface area contributed by atoms with Crippen LogP contribution in [0.4, 0.5) is 0 Å². The van der Waals surface area contributed by atoms with Crippen molar-refractivity contribution in [3.05, 3.63) is 33.8 Å². The van der Waals surface area contributed by atoms with Crippen molar-refractivity contribution >= 4 is 35.1 Å². The Morgan fingerprint density at radius 3 is 2.67 bits per heavy atom. The van der Waals surface area contributed by atoms with E-state index in [1.165, 1.54) is 6.42 Å². The molecule has 0 spiro atoms. The van der Waals surface area contributed by atoms with E-state index in [1.807, 2.05) is 0 Å². The molecular formula is C18H23Cl2NO3. The lowest BCUT2D eigenvalue weighted by Crippen LogP contribution is -2.45. The maximum absolute atomic E-state index is 12.0. The first-order valence-corrected chi connectivity index (χ1v) is 9.01. The van der Waals surface area contributed by atoms with E-state index in [4.69, 9.17) is 27.9 Å². The molecule has 0 bridgehead atoms. The van der Waals surface area contributed by atoms with Crippen LogP contribution >= 0.6 is 23.2 Å². The minimum atomic E-state index is -0.464. The summed E-state index contributed by atoms with van der Waals surface area (Å²) < 4.78 is 5.05. The molecule has 6 heteroatoms. The van der Waals surface area contributed by atoms with Crippen molar-refractivity contribution in [1.29, 1.82) is 0 Å². The zero-order chi connectivity index (χ0) is 17.7. The van der Waals surface area contributed by atoms with Gasteiger partial charge in [-0.15, -0.1) is 0 Å². The molecule has 1 aromatic carbocycles. The number of carbonyl (C=O) groups excluding carboxylic acids is 2. The minimum Gasteiger partial charge on any atom is -0.455 e. The molecule has 1 aromatic rings. The second-order valence-electron chi connectivity index (χ2n) is 6.53. The molecule has 1 amide bonds. The van der Waals surface area contributed by atoms with E-state index in [0.717, 1.165) is 12.8 Å². The van der Waals surface area contributed by atoms with Crippen molar-refractivity contribution in [2.45, 2.75) is 45.6 Å². The zero-order valence-corrected chi connectivity index (χ0v) is 15.5. The molecule has 1 aliphatic rings. The number of esters is 1. The fraction of sp³-hybridized carbons (Fsp3) is 0.556. The van der Waals surface area contributed by atoms with Crippen LogP contribution in [0.1, 0.15) is 38.7 Å². The Morgan fingerprint density at radius 1 is 1.21 bits per heavy atom. The van der Waals surface area contributed by atoms with Crippen LogP contribution in [0.3, 0.4) is 0 Å². The first kappa shape index (κ1) is 19.1. The number of hydrogen-bond donors (Lipinski definition) is 1. The molecule has 1 saturated carbocycles. The van der Waals surface area contributed by atoms with Crippen LogP contribution in [-0.4, -0.2) is 24.5 Å². The number of hydrogen-bond acceptors (Lipinski definition) is 3. The van der Waals surface area contributed by atoms with Gasteiger partial charge in [-0.25, -0.2) is 0 Å². The van der Waals surface area contributed by atoms with Gasteiger partial charge in [-0.2, -0.15) is 0 Å². The van der Waals surface area contributed by atoms with Gasteiger partial charge in [0.05, 0.1) is 16.5 Å². The van der Waals surface area contributed by atoms with E-state index in [1.54, 1.807) is 18.2 Å². The number of nitrogens with one attached hydrogen (secondary N) is 1. The second-order valence-corrected chi connectivity index (χ2v) is 7.34. The Morgan fingerprint density at radius 2 is 1.96 bits per heavy atom. The number of amides is 1. The van der Waals surface area contributed by atoms with E-state index in [0.29, 0.717) is 27.4 Å². The maximum atomic E-state index is 12.0. The summed E-state index contributed by atoms with van der Waals surface area (Å²) >= 11 is 11.7. The largest absolute Gasteiger partial charge is 0.455 e. The van der Waals surface area contributed by atoms with Crippen LogP contribution < -0.4 is 5.32 Å². The van der Waals surface area contributed by atoms with Crippen molar-refractivity contribution in [2.24, 2.45) is 11.8 Å². The van der Waals surface area contributed by atoms with E-state index < -0.39 is 5.97 Å². The van der Waals surface area contributed by atoms with Crippen LogP contribution in [0.2, 0.25) is 10.0 Å². The van der Waals surface area contributed by atoms with Crippen LogP contribution in [0, 0.1) is 11.8 Å². The molecule has 0 aliphatic heterocycles. The lowest BCUT2D eigenvalue weighted by Gasteiger charge is -2.34. The third-order valence-electron chi connectivity index (χ3n) is 4.75. The molecule has 0 unspecified atom stereocenters. The summed E-state index contributed by atoms with van der Waals surface area (Å²) in [5.41, 5.74) is 0.699. The predicted molar refractivity (Wildman–Crippen MR) is 95.2 cm³/mol. The molecular weight excluding hydrogens is 349 g/mol. The van der Waals surface area contributed by atoms with Gasteiger partial charge in [-0.1, -0.05) is 56.0 Å². The van der Waals surface area contributed by atoms with Gasteiger partial charge in [-0.3, -0.25) is 9.59 Å². The zero-order valence-electron chi connectivity index (χ0n) is 14.0. The first-order valence-electron chi connectivity index (χ1n) is 8.25. The van der Waals surface area contributed by atoms with Gasteiger partial charge in [0.2, 0.25) is 0 Å². The average molecular weight is 372 g/mol. The number of rotatable bonds is 5. The average Bonchev–Trinajstić information content (AvgIpc) is 2.53. The summed E-state index contributed by atoms with van der Waals surface area (Å²) in [4.78, 5) is 23.8. The number of ether oxygens (including phenoxy) is 1. The predicted octanol–water partition coefficient (Wildman–Crippen LogP) is 4.02. The lowest BCUT2D eigenvalue weighted by atomic mass is 9.78. The highest BCUT2D eigenvalue weighted by atomic mass is 35.5. The van der Waals surface area contributed by atoms with Gasteiger partial charge in [0, 0.05) is 6.04 Å². The van der Waals surface area contributed by atoms with Crippen molar-refractivity contribution < 1.29 is 14.3 Å². The normalized spacial score (nSPS) is 23.6. The van der Waals surface area contributed by atoms with Crippen molar-refractivity contribution in [3.63, 3.8) is 0 Å². The minimum absolute atomic E-state index is 0.0566. The fourth-order valence-corrected chi connectivity index (χ4v) is 3.37. The molecule has 3 atom stereocenters. The molecule has 0 heterocycles. The summed E-state index contributed by atoms with van der Waals surface area (Å²) in [7, 11) is 0. The van der Waals surface area contributed by atoms with E-state index in [2.05, 4.69) is 19.2 Å². The topological polar surface area (TPSA) is 55.4 Å². The molecule has 0 saturated heterocycles. The van der Waals surface area contributed by atoms with Gasteiger partial charge in [0.15, 0.2) is 6.61 Å². The summed E-state index contributed by atoms with van der Waals surface area (Å²) in [6, 6.07) is 5.12. The van der Waals surface area contributed by atoms with Crippen LogP contribution in [0.5, 0.6) is 0 Å². The molecule has 1 fully saturated rings. The molecule has 1 aliphatic carbocycles. The van der Waals surface area contributed by atoms with E-state index in [9.17, 15) is 9.59 Å². The van der Waals surface area contributed by atoms with Crippen LogP contribution in [-0.2, 0) is 20.7 Å². The Balaban J connectivity index is 1.76. The number of benzene rings is 1. The highest BCUT2D eigenvalue weighted by Crippen LogP contribution is 2.29. The molecule has 132 valence electrons. The number of halogens is 2. The van der Waals surface area contributed by atoms with Gasteiger partial charge in [0.25, 0.3) is 5.91 Å². The SMILES string of the molecule is C[C@H]1[C@H](C)CCC[C@H]1NC(=O)COC(=O)Cc1ccc(Cl)c(Cl)c1. The third-order valence-corrected chi connectivity index (χ3v) is 5.49. The molecule has 0 aromatic heterocycles. The second kappa shape index (κ2) is 8.72. The molecule has 4 nitrogen and oxygen atoms in total. The Labute approximate surface area is 152 Å².